The summed E-state index contributed by atoms with van der Waals surface area (Å²) in [5, 5.41) is -5.95. The fourth-order valence-corrected chi connectivity index (χ4v) is 5.17. The lowest BCUT2D eigenvalue weighted by Gasteiger charge is -2.29. The van der Waals surface area contributed by atoms with Crippen LogP contribution in [0.15, 0.2) is 38.1 Å². The van der Waals surface area contributed by atoms with E-state index in [4.69, 9.17) is 23.2 Å². The Morgan fingerprint density at radius 3 is 2.00 bits per heavy atom. The molecule has 0 saturated carbocycles. The minimum absolute atomic E-state index is 0.0144. The van der Waals surface area contributed by atoms with Crippen molar-refractivity contribution in [1.82, 2.24) is 0 Å². The molecular formula is C15H4Br2Cl2F7OS. The average molecular weight is 596 g/mol. The quantitative estimate of drug-likeness (QED) is 0.260. The Balaban J connectivity index is 2.73. The van der Waals surface area contributed by atoms with Gasteiger partial charge in [0.15, 0.2) is 4.90 Å². The van der Waals surface area contributed by atoms with Crippen molar-refractivity contribution in [3.05, 3.63) is 49.3 Å². The highest BCUT2D eigenvalue weighted by molar-refractivity contribution is 9.11. The number of benzene rings is 2. The molecule has 1 atom stereocenters. The van der Waals surface area contributed by atoms with Gasteiger partial charge < -0.3 is 4.55 Å². The Morgan fingerprint density at radius 2 is 1.50 bits per heavy atom. The second-order valence-electron chi connectivity index (χ2n) is 5.16. The summed E-state index contributed by atoms with van der Waals surface area (Å²) in [6, 6.07) is 6.88. The second-order valence-corrected chi connectivity index (χ2v) is 9.11. The maximum absolute atomic E-state index is 14.0. The van der Waals surface area contributed by atoms with Gasteiger partial charge in [0.2, 0.25) is 0 Å². The molecule has 0 N–H and O–H groups in total. The molecule has 2 aromatic rings. The van der Waals surface area contributed by atoms with Gasteiger partial charge in [-0.3, -0.25) is 0 Å². The summed E-state index contributed by atoms with van der Waals surface area (Å²) in [5.41, 5.74) is -0.378. The van der Waals surface area contributed by atoms with Crippen molar-refractivity contribution in [2.45, 2.75) is 22.2 Å². The number of alkyl halides is 7. The fraction of sp³-hybridized carbons (Fsp3) is 0.200. The third-order valence-electron chi connectivity index (χ3n) is 3.32. The highest BCUT2D eigenvalue weighted by Gasteiger charge is 2.80. The predicted molar refractivity (Wildman–Crippen MR) is 98.5 cm³/mol. The van der Waals surface area contributed by atoms with Crippen LogP contribution in [0.4, 0.5) is 30.7 Å². The first kappa shape index (κ1) is 24.1. The Hall–Kier alpha value is -0.200. The van der Waals surface area contributed by atoms with Gasteiger partial charge in [-0.15, -0.1) is 8.78 Å². The largest absolute Gasteiger partial charge is 0.606 e. The van der Waals surface area contributed by atoms with Gasteiger partial charge in [0, 0.05) is 21.1 Å². The molecule has 0 spiro atoms. The molecule has 0 aliphatic rings. The van der Waals surface area contributed by atoms with E-state index in [1.54, 1.807) is 0 Å². The van der Waals surface area contributed by atoms with E-state index >= 15 is 0 Å². The summed E-state index contributed by atoms with van der Waals surface area (Å²) < 4.78 is 104. The van der Waals surface area contributed by atoms with Gasteiger partial charge in [-0.05, 0) is 49.6 Å². The zero-order valence-electron chi connectivity index (χ0n) is 12.8. The van der Waals surface area contributed by atoms with Crippen LogP contribution in [-0.2, 0) is 11.2 Å². The van der Waals surface area contributed by atoms with Crippen LogP contribution in [0.1, 0.15) is 0 Å². The number of halogens is 11. The van der Waals surface area contributed by atoms with Gasteiger partial charge in [0.05, 0.1) is 26.8 Å². The van der Waals surface area contributed by atoms with Crippen molar-refractivity contribution in [2.75, 3.05) is 0 Å². The maximum Gasteiger partial charge on any atom is 0.486 e. The third kappa shape index (κ3) is 4.29. The van der Waals surface area contributed by atoms with E-state index in [-0.39, 0.29) is 30.1 Å². The lowest BCUT2D eigenvalue weighted by molar-refractivity contribution is -0.332. The van der Waals surface area contributed by atoms with Crippen molar-refractivity contribution in [2.24, 2.45) is 0 Å². The smallest absolute Gasteiger partial charge is 0.486 e. The molecule has 0 aliphatic carbocycles. The SMILES string of the molecule is [O-][S+](c1cc(Br)[c]c(Br)c1-c1ccc(Cl)c(Cl)c1)C(F)(F)C(F)(F)C(F)(F)F. The zero-order valence-corrected chi connectivity index (χ0v) is 18.3. The molecule has 28 heavy (non-hydrogen) atoms. The topological polar surface area (TPSA) is 23.1 Å². The Kier molecular flexibility index (Phi) is 7.00. The zero-order chi connectivity index (χ0) is 21.7. The first-order valence-electron chi connectivity index (χ1n) is 6.72. The predicted octanol–water partition coefficient (Wildman–Crippen LogP) is 7.88. The summed E-state index contributed by atoms with van der Waals surface area (Å²) in [5.74, 6) is -6.54. The molecule has 0 fully saturated rings. The molecule has 0 bridgehead atoms. The molecule has 1 nitrogen and oxygen atoms in total. The van der Waals surface area contributed by atoms with Gasteiger partial charge in [-0.2, -0.15) is 22.0 Å². The summed E-state index contributed by atoms with van der Waals surface area (Å²) >= 11 is 13.3. The monoisotopic (exact) mass is 593 g/mol. The molecule has 1 radical (unpaired) electrons. The van der Waals surface area contributed by atoms with Crippen LogP contribution < -0.4 is 0 Å². The molecule has 0 heterocycles. The van der Waals surface area contributed by atoms with E-state index in [0.717, 1.165) is 6.07 Å². The Bertz CT molecular complexity index is 909. The van der Waals surface area contributed by atoms with Crippen molar-refractivity contribution in [3.8, 4) is 11.1 Å². The number of hydrogen-bond donors (Lipinski definition) is 0. The Morgan fingerprint density at radius 1 is 0.929 bits per heavy atom. The second kappa shape index (κ2) is 8.14. The first-order valence-corrected chi connectivity index (χ1v) is 10.2. The summed E-state index contributed by atoms with van der Waals surface area (Å²) in [6.07, 6.45) is -6.62. The maximum atomic E-state index is 14.0. The minimum Gasteiger partial charge on any atom is -0.606 e. The van der Waals surface area contributed by atoms with E-state index in [9.17, 15) is 35.3 Å². The van der Waals surface area contributed by atoms with E-state index in [2.05, 4.69) is 37.9 Å². The summed E-state index contributed by atoms with van der Waals surface area (Å²) in [7, 11) is 0. The van der Waals surface area contributed by atoms with E-state index in [0.29, 0.717) is 6.07 Å². The van der Waals surface area contributed by atoms with Gasteiger partial charge >= 0.3 is 17.4 Å². The van der Waals surface area contributed by atoms with Crippen molar-refractivity contribution >= 4 is 66.2 Å². The van der Waals surface area contributed by atoms with E-state index in [1.807, 2.05) is 0 Å². The molecule has 0 saturated heterocycles. The van der Waals surface area contributed by atoms with E-state index < -0.39 is 33.4 Å². The summed E-state index contributed by atoms with van der Waals surface area (Å²) in [4.78, 5) is -0.996. The average Bonchev–Trinajstić information content (AvgIpc) is 2.55. The molecule has 0 aliphatic heterocycles. The molecule has 0 amide bonds. The molecular weight excluding hydrogens is 592 g/mol. The van der Waals surface area contributed by atoms with Crippen LogP contribution in [0.25, 0.3) is 11.1 Å². The summed E-state index contributed by atoms with van der Waals surface area (Å²) in [6.45, 7) is 0. The van der Waals surface area contributed by atoms with E-state index in [1.165, 1.54) is 12.1 Å². The third-order valence-corrected chi connectivity index (χ3v) is 6.52. The number of rotatable bonds is 4. The standard InChI is InChI=1S/C15H4Br2Cl2F7OS/c16-7-4-8(17)12(6-1-2-9(18)10(19)3-6)11(5-7)28(27)15(25,26)13(20,21)14(22,23)24/h1-3,5H. The van der Waals surface area contributed by atoms with Crippen LogP contribution >= 0.6 is 55.1 Å². The van der Waals surface area contributed by atoms with Gasteiger partial charge in [-0.1, -0.05) is 29.3 Å². The highest BCUT2D eigenvalue weighted by atomic mass is 79.9. The molecule has 2 aromatic carbocycles. The van der Waals surface area contributed by atoms with Crippen LogP contribution in [0.3, 0.4) is 0 Å². The highest BCUT2D eigenvalue weighted by Crippen LogP contribution is 2.52. The number of hydrogen-bond acceptors (Lipinski definition) is 1. The van der Waals surface area contributed by atoms with Crippen LogP contribution in [0.5, 0.6) is 0 Å². The van der Waals surface area contributed by atoms with Crippen molar-refractivity contribution < 1.29 is 35.3 Å². The van der Waals surface area contributed by atoms with Crippen LogP contribution in [-0.4, -0.2) is 21.9 Å². The lowest BCUT2D eigenvalue weighted by atomic mass is 10.1. The van der Waals surface area contributed by atoms with Crippen LogP contribution in [0, 0.1) is 6.07 Å². The molecule has 2 rings (SSSR count). The molecule has 13 heteroatoms. The molecule has 1 unspecified atom stereocenters. The molecule has 153 valence electrons. The van der Waals surface area contributed by atoms with Crippen LogP contribution in [0.2, 0.25) is 10.0 Å². The normalized spacial score (nSPS) is 14.3. The van der Waals surface area contributed by atoms with Crippen molar-refractivity contribution in [1.29, 1.82) is 0 Å². The lowest BCUT2D eigenvalue weighted by Crippen LogP contribution is -2.56. The minimum atomic E-state index is -6.62. The fourth-order valence-electron chi connectivity index (χ4n) is 1.99. The van der Waals surface area contributed by atoms with Gasteiger partial charge in [0.25, 0.3) is 0 Å². The molecule has 0 aromatic heterocycles. The first-order chi connectivity index (χ1) is 12.6. The van der Waals surface area contributed by atoms with Crippen molar-refractivity contribution in [3.63, 3.8) is 0 Å². The van der Waals surface area contributed by atoms with Gasteiger partial charge in [0.1, 0.15) is 0 Å². The Labute approximate surface area is 183 Å². The van der Waals surface area contributed by atoms with Gasteiger partial charge in [-0.25, -0.2) is 0 Å².